The smallest absolute Gasteiger partial charge is 0.260 e. The Kier molecular flexibility index (Phi) is 6.22. The average Bonchev–Trinajstić information content (AvgIpc) is 3.28. The van der Waals surface area contributed by atoms with E-state index in [-0.39, 0.29) is 18.5 Å². The molecule has 2 aromatic heterocycles. The fraction of sp³-hybridized carbons (Fsp3) is 0.478. The number of halogens is 1. The van der Waals surface area contributed by atoms with Gasteiger partial charge in [0.2, 0.25) is 11.8 Å². The molecule has 0 atom stereocenters. The quantitative estimate of drug-likeness (QED) is 0.601. The largest absolute Gasteiger partial charge is 0.484 e. The van der Waals surface area contributed by atoms with Crippen molar-refractivity contribution in [3.8, 4) is 5.75 Å². The van der Waals surface area contributed by atoms with Crippen LogP contribution in [0.2, 0.25) is 5.02 Å². The Hall–Kier alpha value is -3.07. The fourth-order valence-electron chi connectivity index (χ4n) is 4.52. The predicted molar refractivity (Wildman–Crippen MR) is 126 cm³/mol. The summed E-state index contributed by atoms with van der Waals surface area (Å²) in [4.78, 5) is 30.0. The molecule has 2 fully saturated rings. The first-order valence-corrected chi connectivity index (χ1v) is 11.8. The van der Waals surface area contributed by atoms with Gasteiger partial charge in [-0.25, -0.2) is 4.98 Å². The van der Waals surface area contributed by atoms with Gasteiger partial charge in [-0.1, -0.05) is 30.9 Å². The molecule has 1 aliphatic heterocycles. The summed E-state index contributed by atoms with van der Waals surface area (Å²) >= 11 is 5.88. The van der Waals surface area contributed by atoms with Crippen LogP contribution in [0.3, 0.4) is 0 Å². The number of anilines is 2. The number of carbonyl (C=O) groups is 1. The summed E-state index contributed by atoms with van der Waals surface area (Å²) in [6, 6.07) is 6.96. The van der Waals surface area contributed by atoms with E-state index >= 15 is 0 Å². The molecule has 3 heterocycles. The van der Waals surface area contributed by atoms with E-state index in [2.05, 4.69) is 14.9 Å². The van der Waals surface area contributed by atoms with E-state index in [0.717, 1.165) is 18.7 Å². The number of rotatable bonds is 5. The van der Waals surface area contributed by atoms with E-state index in [1.165, 1.54) is 19.3 Å². The van der Waals surface area contributed by atoms with Crippen molar-refractivity contribution in [3.05, 3.63) is 35.2 Å². The molecule has 1 amide bonds. The summed E-state index contributed by atoms with van der Waals surface area (Å²) in [6.45, 7) is 2.33. The molecule has 0 radical (unpaired) electrons. The summed E-state index contributed by atoms with van der Waals surface area (Å²) in [5, 5.41) is 0.627. The van der Waals surface area contributed by atoms with E-state index < -0.39 is 0 Å². The number of fused-ring (bicyclic) bond motifs is 1. The third-order valence-corrected chi connectivity index (χ3v) is 6.59. The van der Waals surface area contributed by atoms with Crippen LogP contribution >= 0.6 is 11.6 Å². The lowest BCUT2D eigenvalue weighted by Crippen LogP contribution is -2.50. The van der Waals surface area contributed by atoms with Crippen LogP contribution in [0, 0.1) is 0 Å². The minimum Gasteiger partial charge on any atom is -0.484 e. The fourth-order valence-corrected chi connectivity index (χ4v) is 4.65. The van der Waals surface area contributed by atoms with Crippen LogP contribution < -0.4 is 15.4 Å². The summed E-state index contributed by atoms with van der Waals surface area (Å²) in [7, 11) is 0. The lowest BCUT2D eigenvalue weighted by molar-refractivity contribution is -0.133. The molecular formula is C23H27ClN6O3. The molecule has 33 heavy (non-hydrogen) atoms. The van der Waals surface area contributed by atoms with Crippen molar-refractivity contribution in [1.29, 1.82) is 0 Å². The van der Waals surface area contributed by atoms with Crippen LogP contribution in [0.25, 0.3) is 11.2 Å². The zero-order valence-corrected chi connectivity index (χ0v) is 19.1. The van der Waals surface area contributed by atoms with Crippen molar-refractivity contribution in [3.63, 3.8) is 0 Å². The number of hydrogen-bond donors (Lipinski definition) is 1. The predicted octanol–water partition coefficient (Wildman–Crippen LogP) is 3.63. The molecular weight excluding hydrogens is 444 g/mol. The third-order valence-electron chi connectivity index (χ3n) is 6.34. The van der Waals surface area contributed by atoms with Crippen molar-refractivity contribution >= 4 is 40.5 Å². The number of nitrogens with zero attached hydrogens (tertiary/aromatic N) is 5. The van der Waals surface area contributed by atoms with Gasteiger partial charge in [0.15, 0.2) is 17.9 Å². The first kappa shape index (κ1) is 21.8. The standard InChI is InChI=1S/C23H27ClN6O3/c24-16-6-8-17(9-7-16)32-14-18(31)29-10-12-30(13-11-29)20-19-22(28-23(25)27-20)33-21(26-19)15-4-2-1-3-5-15/h6-9,15H,1-5,10-14H2,(H2,25,27,28). The van der Waals surface area contributed by atoms with Crippen molar-refractivity contribution in [2.75, 3.05) is 43.4 Å². The minimum absolute atomic E-state index is 0.0135. The average molecular weight is 471 g/mol. The number of benzene rings is 1. The SMILES string of the molecule is Nc1nc(N2CCN(C(=O)COc3ccc(Cl)cc3)CC2)c2nc(C3CCCCC3)oc2n1. The van der Waals surface area contributed by atoms with Crippen molar-refractivity contribution < 1.29 is 13.9 Å². The zero-order valence-electron chi connectivity index (χ0n) is 18.4. The monoisotopic (exact) mass is 470 g/mol. The maximum Gasteiger partial charge on any atom is 0.260 e. The maximum absolute atomic E-state index is 12.6. The topological polar surface area (TPSA) is 111 Å². The number of amides is 1. The van der Waals surface area contributed by atoms with Crippen LogP contribution in [0.5, 0.6) is 5.75 Å². The highest BCUT2D eigenvalue weighted by Crippen LogP contribution is 2.35. The Morgan fingerprint density at radius 2 is 1.79 bits per heavy atom. The number of hydrogen-bond acceptors (Lipinski definition) is 8. The Bertz CT molecular complexity index is 1120. The van der Waals surface area contributed by atoms with Crippen molar-refractivity contribution in [1.82, 2.24) is 19.9 Å². The van der Waals surface area contributed by atoms with Gasteiger partial charge in [-0.2, -0.15) is 9.97 Å². The van der Waals surface area contributed by atoms with Gasteiger partial charge in [0.1, 0.15) is 5.75 Å². The van der Waals surface area contributed by atoms with E-state index in [0.29, 0.717) is 59.9 Å². The first-order valence-electron chi connectivity index (χ1n) is 11.4. The highest BCUT2D eigenvalue weighted by molar-refractivity contribution is 6.30. The summed E-state index contributed by atoms with van der Waals surface area (Å²) in [5.41, 5.74) is 7.06. The summed E-state index contributed by atoms with van der Waals surface area (Å²) in [5.74, 6) is 2.46. The molecule has 0 unspecified atom stereocenters. The summed E-state index contributed by atoms with van der Waals surface area (Å²) < 4.78 is 11.6. The van der Waals surface area contributed by atoms with E-state index in [9.17, 15) is 4.79 Å². The summed E-state index contributed by atoms with van der Waals surface area (Å²) in [6.07, 6.45) is 5.83. The number of nitrogens with two attached hydrogens (primary N) is 1. The number of piperazine rings is 1. The molecule has 1 aliphatic carbocycles. The van der Waals surface area contributed by atoms with Gasteiger partial charge in [0, 0.05) is 37.1 Å². The molecule has 1 saturated heterocycles. The molecule has 10 heteroatoms. The molecule has 1 aromatic carbocycles. The number of ether oxygens (including phenoxy) is 1. The number of aromatic nitrogens is 3. The van der Waals surface area contributed by atoms with Crippen LogP contribution in [0.1, 0.15) is 43.9 Å². The van der Waals surface area contributed by atoms with Crippen LogP contribution in [0.15, 0.2) is 28.7 Å². The van der Waals surface area contributed by atoms with E-state index in [1.807, 2.05) is 0 Å². The second kappa shape index (κ2) is 9.43. The van der Waals surface area contributed by atoms with Gasteiger partial charge < -0.3 is 24.7 Å². The van der Waals surface area contributed by atoms with Crippen molar-refractivity contribution in [2.24, 2.45) is 0 Å². The molecule has 5 rings (SSSR count). The Morgan fingerprint density at radius 1 is 1.06 bits per heavy atom. The molecule has 0 spiro atoms. The van der Waals surface area contributed by atoms with Gasteiger partial charge in [-0.05, 0) is 37.1 Å². The molecule has 2 N–H and O–H groups in total. The maximum atomic E-state index is 12.6. The Labute approximate surface area is 196 Å². The minimum atomic E-state index is -0.0574. The van der Waals surface area contributed by atoms with E-state index in [4.69, 9.17) is 31.5 Å². The molecule has 9 nitrogen and oxygen atoms in total. The van der Waals surface area contributed by atoms with Crippen LogP contribution in [-0.4, -0.2) is 58.5 Å². The number of nitrogen functional groups attached to an aromatic ring is 1. The molecule has 2 aliphatic rings. The van der Waals surface area contributed by atoms with Crippen LogP contribution in [0.4, 0.5) is 11.8 Å². The lowest BCUT2D eigenvalue weighted by Gasteiger charge is -2.35. The van der Waals surface area contributed by atoms with Gasteiger partial charge in [-0.15, -0.1) is 0 Å². The number of carbonyl (C=O) groups excluding carboxylic acids is 1. The Balaban J connectivity index is 1.24. The molecule has 0 bridgehead atoms. The first-order chi connectivity index (χ1) is 16.1. The number of oxazole rings is 1. The molecule has 1 saturated carbocycles. The Morgan fingerprint density at radius 3 is 2.52 bits per heavy atom. The lowest BCUT2D eigenvalue weighted by atomic mass is 9.89. The van der Waals surface area contributed by atoms with Gasteiger partial charge in [-0.3, -0.25) is 4.79 Å². The van der Waals surface area contributed by atoms with Gasteiger partial charge in [0.25, 0.3) is 11.6 Å². The van der Waals surface area contributed by atoms with Gasteiger partial charge >= 0.3 is 0 Å². The molecule has 3 aromatic rings. The zero-order chi connectivity index (χ0) is 22.8. The second-order valence-corrected chi connectivity index (χ2v) is 8.99. The van der Waals surface area contributed by atoms with Crippen molar-refractivity contribution in [2.45, 2.75) is 38.0 Å². The molecule has 174 valence electrons. The normalized spacial score (nSPS) is 17.5. The van der Waals surface area contributed by atoms with Gasteiger partial charge in [0.05, 0.1) is 0 Å². The third kappa shape index (κ3) is 4.83. The van der Waals surface area contributed by atoms with E-state index in [1.54, 1.807) is 29.2 Å². The second-order valence-electron chi connectivity index (χ2n) is 8.56. The van der Waals surface area contributed by atoms with Crippen LogP contribution in [-0.2, 0) is 4.79 Å². The highest BCUT2D eigenvalue weighted by atomic mass is 35.5. The highest BCUT2D eigenvalue weighted by Gasteiger charge is 2.27.